The molecular formula is C28H43N3O2. The first-order chi connectivity index (χ1) is 15.6. The Bertz CT molecular complexity index is 918. The topological polar surface area (TPSA) is 71.1 Å². The third-order valence-electron chi connectivity index (χ3n) is 11.2. The van der Waals surface area contributed by atoms with Gasteiger partial charge in [-0.25, -0.2) is 0 Å². The van der Waals surface area contributed by atoms with Crippen LogP contribution in [0.25, 0.3) is 0 Å². The number of hydrogen-bond donors (Lipinski definition) is 1. The van der Waals surface area contributed by atoms with Crippen LogP contribution < -0.4 is 0 Å². The lowest BCUT2D eigenvalue weighted by atomic mass is 9.45. The van der Waals surface area contributed by atoms with E-state index in [4.69, 9.17) is 10.00 Å². The van der Waals surface area contributed by atoms with Crippen LogP contribution in [0.15, 0.2) is 12.4 Å². The molecule has 0 bridgehead atoms. The molecule has 4 fully saturated rings. The zero-order valence-corrected chi connectivity index (χ0v) is 21.3. The maximum absolute atomic E-state index is 11.7. The summed E-state index contributed by atoms with van der Waals surface area (Å²) in [4.78, 5) is 0. The molecule has 4 saturated carbocycles. The lowest BCUT2D eigenvalue weighted by molar-refractivity contribution is -0.149. The Labute approximate surface area is 199 Å². The van der Waals surface area contributed by atoms with Gasteiger partial charge in [-0.15, -0.1) is 0 Å². The lowest BCUT2D eigenvalue weighted by Gasteiger charge is -2.61. The number of aliphatic hydroxyl groups is 1. The highest BCUT2D eigenvalue weighted by Crippen LogP contribution is 2.68. The first kappa shape index (κ1) is 23.4. The predicted molar refractivity (Wildman–Crippen MR) is 128 cm³/mol. The van der Waals surface area contributed by atoms with Crippen molar-refractivity contribution >= 4 is 0 Å². The van der Waals surface area contributed by atoms with E-state index in [0.29, 0.717) is 35.5 Å². The van der Waals surface area contributed by atoms with Gasteiger partial charge in [0.2, 0.25) is 0 Å². The quantitative estimate of drug-likeness (QED) is 0.660. The Kier molecular flexibility index (Phi) is 5.73. The van der Waals surface area contributed by atoms with Crippen molar-refractivity contribution in [3.05, 3.63) is 18.0 Å². The van der Waals surface area contributed by atoms with Gasteiger partial charge in [0.25, 0.3) is 0 Å². The molecule has 0 radical (unpaired) electrons. The van der Waals surface area contributed by atoms with Gasteiger partial charge < -0.3 is 9.84 Å². The Morgan fingerprint density at radius 1 is 1.21 bits per heavy atom. The van der Waals surface area contributed by atoms with Gasteiger partial charge in [-0.05, 0) is 105 Å². The summed E-state index contributed by atoms with van der Waals surface area (Å²) in [6, 6.07) is 2.15. The molecule has 10 atom stereocenters. The first-order valence-electron chi connectivity index (χ1n) is 13.3. The molecular weight excluding hydrogens is 410 g/mol. The van der Waals surface area contributed by atoms with Crippen LogP contribution in [0.4, 0.5) is 0 Å². The molecule has 0 spiro atoms. The molecule has 1 aromatic rings. The zero-order chi connectivity index (χ0) is 23.6. The zero-order valence-electron chi connectivity index (χ0n) is 21.3. The fourth-order valence-corrected chi connectivity index (χ4v) is 9.79. The smallest absolute Gasteiger partial charge is 0.102 e. The molecule has 5 rings (SSSR count). The number of fused-ring (bicyclic) bond motifs is 5. The molecule has 4 aliphatic carbocycles. The third kappa shape index (κ3) is 3.67. The van der Waals surface area contributed by atoms with Crippen molar-refractivity contribution in [1.82, 2.24) is 9.78 Å². The highest BCUT2D eigenvalue weighted by molar-refractivity contribution is 5.22. The van der Waals surface area contributed by atoms with E-state index in [9.17, 15) is 5.11 Å². The van der Waals surface area contributed by atoms with Gasteiger partial charge in [0.15, 0.2) is 0 Å². The molecule has 0 aliphatic heterocycles. The molecule has 5 heteroatoms. The summed E-state index contributed by atoms with van der Waals surface area (Å²) in [5, 5.41) is 25.2. The van der Waals surface area contributed by atoms with Crippen molar-refractivity contribution < 1.29 is 9.84 Å². The number of nitrogens with zero attached hydrogens (tertiary/aromatic N) is 3. The van der Waals surface area contributed by atoms with Crippen LogP contribution in [-0.2, 0) is 11.3 Å². The Morgan fingerprint density at radius 3 is 2.64 bits per heavy atom. The van der Waals surface area contributed by atoms with Gasteiger partial charge in [0, 0.05) is 13.3 Å². The van der Waals surface area contributed by atoms with Crippen LogP contribution in [0.5, 0.6) is 0 Å². The summed E-state index contributed by atoms with van der Waals surface area (Å²) >= 11 is 0. The SMILES string of the molecule is CO[C@@H]1C[C@@H]2C3CC[C@@]4(C)C(CC[C@@H]4[C@](C)(O)Cn4cc(C#N)cn4)[C@@H]3CC[C@]2(C)C[C@H]1C. The average Bonchev–Trinajstić information content (AvgIpc) is 3.36. The third-order valence-corrected chi connectivity index (χ3v) is 11.2. The normalized spacial score (nSPS) is 46.5. The predicted octanol–water partition coefficient (Wildman–Crippen LogP) is 5.43. The number of nitriles is 1. The molecule has 1 aromatic heterocycles. The van der Waals surface area contributed by atoms with E-state index < -0.39 is 5.60 Å². The van der Waals surface area contributed by atoms with Crippen LogP contribution in [0.1, 0.15) is 84.6 Å². The Balaban J connectivity index is 1.36. The van der Waals surface area contributed by atoms with E-state index in [1.54, 1.807) is 17.1 Å². The lowest BCUT2D eigenvalue weighted by Crippen LogP contribution is -2.56. The summed E-state index contributed by atoms with van der Waals surface area (Å²) in [6.45, 7) is 9.92. The van der Waals surface area contributed by atoms with E-state index in [0.717, 1.165) is 24.2 Å². The molecule has 1 heterocycles. The molecule has 182 valence electrons. The Hall–Kier alpha value is -1.38. The molecule has 33 heavy (non-hydrogen) atoms. The van der Waals surface area contributed by atoms with E-state index in [1.807, 2.05) is 14.0 Å². The van der Waals surface area contributed by atoms with Gasteiger partial charge >= 0.3 is 0 Å². The number of aromatic nitrogens is 2. The maximum Gasteiger partial charge on any atom is 0.102 e. The van der Waals surface area contributed by atoms with Crippen molar-refractivity contribution in [3.63, 3.8) is 0 Å². The molecule has 4 aliphatic rings. The van der Waals surface area contributed by atoms with Crippen LogP contribution >= 0.6 is 0 Å². The van der Waals surface area contributed by atoms with Crippen molar-refractivity contribution in [3.8, 4) is 6.07 Å². The fraction of sp³-hybridized carbons (Fsp3) is 0.857. The van der Waals surface area contributed by atoms with Gasteiger partial charge in [-0.3, -0.25) is 4.68 Å². The van der Waals surface area contributed by atoms with Gasteiger partial charge in [-0.1, -0.05) is 20.8 Å². The van der Waals surface area contributed by atoms with Gasteiger partial charge in [0.05, 0.1) is 30.0 Å². The second kappa shape index (κ2) is 8.09. The highest BCUT2D eigenvalue weighted by Gasteiger charge is 2.62. The van der Waals surface area contributed by atoms with Crippen LogP contribution in [0.2, 0.25) is 0 Å². The van der Waals surface area contributed by atoms with Gasteiger partial charge in [-0.2, -0.15) is 10.4 Å². The summed E-state index contributed by atoms with van der Waals surface area (Å²) in [5.74, 6) is 4.05. The van der Waals surface area contributed by atoms with E-state index in [1.165, 1.54) is 44.9 Å². The molecule has 1 N–H and O–H groups in total. The number of hydrogen-bond acceptors (Lipinski definition) is 4. The van der Waals surface area contributed by atoms with Crippen LogP contribution in [0, 0.1) is 57.7 Å². The van der Waals surface area contributed by atoms with Crippen molar-refractivity contribution in [2.75, 3.05) is 7.11 Å². The summed E-state index contributed by atoms with van der Waals surface area (Å²) < 4.78 is 7.72. The van der Waals surface area contributed by atoms with Crippen molar-refractivity contribution in [2.45, 2.75) is 97.3 Å². The largest absolute Gasteiger partial charge is 0.388 e. The molecule has 2 unspecified atom stereocenters. The van der Waals surface area contributed by atoms with E-state index >= 15 is 0 Å². The first-order valence-corrected chi connectivity index (χ1v) is 13.3. The van der Waals surface area contributed by atoms with Crippen molar-refractivity contribution in [1.29, 1.82) is 5.26 Å². The molecule has 0 aromatic carbocycles. The standard InChI is InChI=1S/C28H43N3O2/c1-18-13-26(2)10-8-20-21(23(26)12-24(18)33-5)9-11-27(3)22(20)6-7-25(27)28(4,32)17-31-16-19(14-29)15-30-31/h15-16,18,20-25,32H,6-13,17H2,1-5H3/t18-,20-,21?,22?,23-,24-,25+,26-,27+,28-/m1/s1. The van der Waals surface area contributed by atoms with Crippen molar-refractivity contribution in [2.24, 2.45) is 46.3 Å². The summed E-state index contributed by atoms with van der Waals surface area (Å²) in [6.07, 6.45) is 13.9. The number of rotatable bonds is 4. The van der Waals surface area contributed by atoms with E-state index in [-0.39, 0.29) is 11.3 Å². The minimum Gasteiger partial charge on any atom is -0.388 e. The summed E-state index contributed by atoms with van der Waals surface area (Å²) in [5.41, 5.74) is 0.403. The van der Waals surface area contributed by atoms with Gasteiger partial charge in [0.1, 0.15) is 6.07 Å². The second-order valence-corrected chi connectivity index (χ2v) is 13.0. The van der Waals surface area contributed by atoms with E-state index in [2.05, 4.69) is 31.9 Å². The highest BCUT2D eigenvalue weighted by atomic mass is 16.5. The van der Waals surface area contributed by atoms with Crippen LogP contribution in [-0.4, -0.2) is 33.7 Å². The minimum absolute atomic E-state index is 0.187. The van der Waals surface area contributed by atoms with Crippen LogP contribution in [0.3, 0.4) is 0 Å². The second-order valence-electron chi connectivity index (χ2n) is 13.0. The summed E-state index contributed by atoms with van der Waals surface area (Å²) in [7, 11) is 1.91. The number of ether oxygens (including phenoxy) is 1. The number of methoxy groups -OCH3 is 1. The maximum atomic E-state index is 11.7. The molecule has 0 amide bonds. The Morgan fingerprint density at radius 2 is 1.94 bits per heavy atom. The fourth-order valence-electron chi connectivity index (χ4n) is 9.79. The minimum atomic E-state index is -0.820. The molecule has 0 saturated heterocycles. The average molecular weight is 454 g/mol. The monoisotopic (exact) mass is 453 g/mol. The molecule has 5 nitrogen and oxygen atoms in total.